The summed E-state index contributed by atoms with van der Waals surface area (Å²) in [4.78, 5) is 39.1. The van der Waals surface area contributed by atoms with Crippen LogP contribution in [0, 0.1) is 5.92 Å². The molecule has 1 atom stereocenters. The summed E-state index contributed by atoms with van der Waals surface area (Å²) in [6, 6.07) is -0.622. The number of hydrogen-bond acceptors (Lipinski definition) is 6. The number of amides is 3. The fraction of sp³-hybridized carbons (Fsp3) is 0.450. The molecule has 10 nitrogen and oxygen atoms in total. The van der Waals surface area contributed by atoms with E-state index < -0.39 is 33.4 Å². The van der Waals surface area contributed by atoms with Crippen molar-refractivity contribution >= 4 is 33.5 Å². The highest BCUT2D eigenvalue weighted by Crippen LogP contribution is 2.36. The number of aryl methyl sites for hydroxylation is 1. The first-order chi connectivity index (χ1) is 14.5. The Balaban J connectivity index is 1.72. The topological polar surface area (TPSA) is 121 Å². The number of urea groups is 1. The maximum atomic E-state index is 13.2. The molecular weight excluding hydrogens is 422 g/mol. The number of Topliss-reactive ketones (excluding diaryl/α,β-unsaturated/α-hetero) is 1. The molecule has 1 N–H and O–H groups in total. The van der Waals surface area contributed by atoms with Gasteiger partial charge in [-0.15, -0.1) is 0 Å². The summed E-state index contributed by atoms with van der Waals surface area (Å²) < 4.78 is 31.1. The van der Waals surface area contributed by atoms with Crippen molar-refractivity contribution in [3.8, 4) is 0 Å². The van der Waals surface area contributed by atoms with Gasteiger partial charge in [-0.05, 0) is 44.9 Å². The van der Waals surface area contributed by atoms with E-state index in [0.717, 1.165) is 17.7 Å². The Bertz CT molecular complexity index is 1190. The average molecular weight is 447 g/mol. The summed E-state index contributed by atoms with van der Waals surface area (Å²) in [7, 11) is -2.10. The quantitative estimate of drug-likeness (QED) is 0.608. The second kappa shape index (κ2) is 7.34. The predicted octanol–water partition coefficient (Wildman–Crippen LogP) is 0.467. The van der Waals surface area contributed by atoms with E-state index in [9.17, 15) is 22.8 Å². The number of ketones is 1. The zero-order valence-corrected chi connectivity index (χ0v) is 18.3. The Morgan fingerprint density at radius 1 is 1.32 bits per heavy atom. The lowest BCUT2D eigenvalue weighted by atomic mass is 9.94. The highest BCUT2D eigenvalue weighted by Gasteiger charge is 2.49. The van der Waals surface area contributed by atoms with Crippen LogP contribution in [-0.2, 0) is 33.2 Å². The molecule has 1 aromatic rings. The Labute approximate surface area is 180 Å². The monoisotopic (exact) mass is 446 g/mol. The minimum absolute atomic E-state index is 0.0267. The summed E-state index contributed by atoms with van der Waals surface area (Å²) in [6.07, 6.45) is 8.88. The molecular formula is C20H24N5O5S+. The van der Waals surface area contributed by atoms with Gasteiger partial charge in [0.05, 0.1) is 11.1 Å². The number of aromatic nitrogens is 2. The molecule has 31 heavy (non-hydrogen) atoms. The SMILES string of the molecule is CC(=O)C[N+]1=C2C=CC(S(=O)(=O)NC3(C)CC3)=CC2C(=O)N(Cc2cnn(C)c2)C1=O. The molecule has 1 saturated carbocycles. The Hall–Kier alpha value is -2.92. The molecule has 0 aromatic carbocycles. The normalized spacial score (nSPS) is 22.5. The summed E-state index contributed by atoms with van der Waals surface area (Å²) >= 11 is 0. The van der Waals surface area contributed by atoms with Crippen molar-refractivity contribution in [3.05, 3.63) is 41.1 Å². The highest BCUT2D eigenvalue weighted by atomic mass is 32.2. The van der Waals surface area contributed by atoms with Crippen molar-refractivity contribution in [2.75, 3.05) is 6.54 Å². The van der Waals surface area contributed by atoms with Gasteiger partial charge < -0.3 is 0 Å². The molecule has 0 radical (unpaired) electrons. The lowest BCUT2D eigenvalue weighted by Crippen LogP contribution is -2.55. The fourth-order valence-electron chi connectivity index (χ4n) is 3.67. The maximum absolute atomic E-state index is 13.2. The molecule has 11 heteroatoms. The van der Waals surface area contributed by atoms with Crippen LogP contribution in [0.1, 0.15) is 32.3 Å². The molecule has 0 bridgehead atoms. The van der Waals surface area contributed by atoms with E-state index in [1.807, 2.05) is 6.92 Å². The molecule has 0 saturated heterocycles. The molecule has 1 aliphatic heterocycles. The predicted molar refractivity (Wildman–Crippen MR) is 110 cm³/mol. The van der Waals surface area contributed by atoms with Crippen LogP contribution in [0.5, 0.6) is 0 Å². The van der Waals surface area contributed by atoms with Crippen LogP contribution in [0.25, 0.3) is 0 Å². The molecule has 2 aliphatic carbocycles. The second-order valence-electron chi connectivity index (χ2n) is 8.49. The van der Waals surface area contributed by atoms with Crippen LogP contribution in [0.3, 0.4) is 0 Å². The lowest BCUT2D eigenvalue weighted by Gasteiger charge is -2.27. The number of sulfonamides is 1. The zero-order valence-electron chi connectivity index (χ0n) is 17.5. The third-order valence-electron chi connectivity index (χ3n) is 5.54. The van der Waals surface area contributed by atoms with Gasteiger partial charge in [-0.25, -0.2) is 17.9 Å². The summed E-state index contributed by atoms with van der Waals surface area (Å²) in [5.41, 5.74) is 0.475. The molecule has 0 spiro atoms. The largest absolute Gasteiger partial charge is 0.501 e. The molecule has 3 aliphatic rings. The summed E-state index contributed by atoms with van der Waals surface area (Å²) in [5, 5.41) is 4.05. The molecule has 1 fully saturated rings. The van der Waals surface area contributed by atoms with Crippen molar-refractivity contribution in [3.63, 3.8) is 0 Å². The van der Waals surface area contributed by atoms with Gasteiger partial charge in [0.1, 0.15) is 18.2 Å². The van der Waals surface area contributed by atoms with E-state index in [2.05, 4.69) is 9.82 Å². The number of carbonyl (C=O) groups excluding carboxylic acids is 3. The van der Waals surface area contributed by atoms with Crippen LogP contribution in [0.4, 0.5) is 4.79 Å². The van der Waals surface area contributed by atoms with Crippen molar-refractivity contribution in [1.29, 1.82) is 0 Å². The van der Waals surface area contributed by atoms with Gasteiger partial charge in [0.25, 0.3) is 0 Å². The van der Waals surface area contributed by atoms with E-state index in [1.165, 1.54) is 29.7 Å². The number of imide groups is 1. The van der Waals surface area contributed by atoms with Crippen LogP contribution in [-0.4, -0.2) is 63.2 Å². The smallest absolute Gasteiger partial charge is 0.296 e. The number of nitrogens with one attached hydrogen (secondary N) is 1. The van der Waals surface area contributed by atoms with Crippen molar-refractivity contribution in [1.82, 2.24) is 19.4 Å². The van der Waals surface area contributed by atoms with Crippen molar-refractivity contribution in [2.45, 2.75) is 38.8 Å². The molecule has 1 unspecified atom stereocenters. The third-order valence-corrected chi connectivity index (χ3v) is 7.20. The van der Waals surface area contributed by atoms with Crippen LogP contribution < -0.4 is 4.72 Å². The molecule has 164 valence electrons. The summed E-state index contributed by atoms with van der Waals surface area (Å²) in [6.45, 7) is 2.94. The van der Waals surface area contributed by atoms with Crippen LogP contribution >= 0.6 is 0 Å². The van der Waals surface area contributed by atoms with Gasteiger partial charge >= 0.3 is 11.9 Å². The van der Waals surface area contributed by atoms with E-state index in [4.69, 9.17) is 0 Å². The first-order valence-corrected chi connectivity index (χ1v) is 11.4. The van der Waals surface area contributed by atoms with E-state index in [1.54, 1.807) is 24.1 Å². The lowest BCUT2D eigenvalue weighted by molar-refractivity contribution is -0.428. The molecule has 1 aromatic heterocycles. The fourth-order valence-corrected chi connectivity index (χ4v) is 5.20. The maximum Gasteiger partial charge on any atom is 0.501 e. The van der Waals surface area contributed by atoms with Gasteiger partial charge in [-0.1, -0.05) is 0 Å². The average Bonchev–Trinajstić information content (AvgIpc) is 3.25. The van der Waals surface area contributed by atoms with Gasteiger partial charge in [0.15, 0.2) is 12.3 Å². The third kappa shape index (κ3) is 4.15. The number of hydrogen-bond donors (Lipinski definition) is 1. The first-order valence-electron chi connectivity index (χ1n) is 9.90. The number of rotatable bonds is 7. The van der Waals surface area contributed by atoms with Crippen molar-refractivity contribution in [2.24, 2.45) is 13.0 Å². The Kier molecular flexibility index (Phi) is 5.05. The van der Waals surface area contributed by atoms with Gasteiger partial charge in [0.2, 0.25) is 10.0 Å². The van der Waals surface area contributed by atoms with E-state index >= 15 is 0 Å². The van der Waals surface area contributed by atoms with Gasteiger partial charge in [-0.2, -0.15) is 19.4 Å². The van der Waals surface area contributed by atoms with Crippen LogP contribution in [0.2, 0.25) is 0 Å². The highest BCUT2D eigenvalue weighted by molar-refractivity contribution is 7.93. The Morgan fingerprint density at radius 2 is 2.03 bits per heavy atom. The number of allylic oxidation sites excluding steroid dienone is 2. The Morgan fingerprint density at radius 3 is 2.61 bits per heavy atom. The minimum atomic E-state index is -3.82. The number of carbonyl (C=O) groups is 3. The first kappa shape index (κ1) is 21.3. The van der Waals surface area contributed by atoms with Crippen molar-refractivity contribution < 1.29 is 27.4 Å². The standard InChI is InChI=1S/C20H24N5O5S/c1-13(26)10-24-17-5-4-15(31(29,30)22-20(2)6-7-20)8-16(17)18(27)25(19(24)28)12-14-9-21-23(3)11-14/h4-5,8-9,11,16,22H,6-7,10,12H2,1-3H3/q+1. The summed E-state index contributed by atoms with van der Waals surface area (Å²) in [5.74, 6) is -1.79. The van der Waals surface area contributed by atoms with Gasteiger partial charge in [0, 0.05) is 24.3 Å². The van der Waals surface area contributed by atoms with E-state index in [0.29, 0.717) is 11.3 Å². The number of fused-ring (bicyclic) bond motifs is 1. The van der Waals surface area contributed by atoms with Crippen LogP contribution in [0.15, 0.2) is 35.5 Å². The van der Waals surface area contributed by atoms with E-state index in [-0.39, 0.29) is 23.8 Å². The molecule has 4 rings (SSSR count). The minimum Gasteiger partial charge on any atom is -0.296 e. The zero-order chi connectivity index (χ0) is 22.6. The second-order valence-corrected chi connectivity index (χ2v) is 10.2. The van der Waals surface area contributed by atoms with Gasteiger partial charge in [-0.3, -0.25) is 9.48 Å². The molecule has 2 heterocycles. The number of nitrogens with zero attached hydrogens (tertiary/aromatic N) is 4. The molecule has 3 amide bonds.